The maximum atomic E-state index is 11.2. The van der Waals surface area contributed by atoms with Crippen molar-refractivity contribution < 1.29 is 9.59 Å². The van der Waals surface area contributed by atoms with E-state index >= 15 is 0 Å². The van der Waals surface area contributed by atoms with Crippen LogP contribution in [-0.2, 0) is 9.59 Å². The molecule has 1 aliphatic rings. The summed E-state index contributed by atoms with van der Waals surface area (Å²) in [5.41, 5.74) is 0. The Balaban J connectivity index is 2.01. The molecule has 0 aromatic heterocycles. The fraction of sp³-hybridized carbons (Fsp3) is 0.600. The summed E-state index contributed by atoms with van der Waals surface area (Å²) in [7, 11) is 0. The monoisotopic (exact) mass is 196 g/mol. The van der Waals surface area contributed by atoms with Crippen LogP contribution >= 0.6 is 0 Å². The Morgan fingerprint density at radius 2 is 2.14 bits per heavy atom. The highest BCUT2D eigenvalue weighted by Gasteiger charge is 2.22. The highest BCUT2D eigenvalue weighted by atomic mass is 16.2. The number of hydrogen-bond donors (Lipinski definition) is 2. The first kappa shape index (κ1) is 10.8. The largest absolute Gasteiger partial charge is 0.353 e. The summed E-state index contributed by atoms with van der Waals surface area (Å²) in [6.07, 6.45) is 5.66. The molecule has 0 atom stereocenters. The molecule has 1 aliphatic carbocycles. The molecular weight excluding hydrogens is 180 g/mol. The van der Waals surface area contributed by atoms with Crippen LogP contribution in [0.15, 0.2) is 12.2 Å². The van der Waals surface area contributed by atoms with Crippen LogP contribution in [0.25, 0.3) is 0 Å². The minimum Gasteiger partial charge on any atom is -0.353 e. The third-order valence-corrected chi connectivity index (χ3v) is 1.91. The molecular formula is C10H16N2O2. The van der Waals surface area contributed by atoms with Gasteiger partial charge in [0.2, 0.25) is 11.8 Å². The Morgan fingerprint density at radius 3 is 2.71 bits per heavy atom. The Labute approximate surface area is 83.8 Å². The molecule has 0 spiro atoms. The predicted molar refractivity (Wildman–Crippen MR) is 53.6 cm³/mol. The lowest BCUT2D eigenvalue weighted by Gasteiger charge is -2.03. The number of carbonyl (C=O) groups excluding carboxylic acids is 2. The topological polar surface area (TPSA) is 58.2 Å². The molecule has 14 heavy (non-hydrogen) atoms. The smallest absolute Gasteiger partial charge is 0.243 e. The minimum absolute atomic E-state index is 0.0216. The number of carbonyl (C=O) groups is 2. The Hall–Kier alpha value is -1.32. The fourth-order valence-corrected chi connectivity index (χ4v) is 1.04. The minimum atomic E-state index is -0.147. The van der Waals surface area contributed by atoms with Gasteiger partial charge >= 0.3 is 0 Å². The van der Waals surface area contributed by atoms with Gasteiger partial charge in [-0.15, -0.1) is 0 Å². The van der Waals surface area contributed by atoms with E-state index in [2.05, 4.69) is 10.6 Å². The van der Waals surface area contributed by atoms with Crippen molar-refractivity contribution in [1.82, 2.24) is 10.6 Å². The summed E-state index contributed by atoms with van der Waals surface area (Å²) in [5, 5.41) is 5.47. The van der Waals surface area contributed by atoms with Crippen molar-refractivity contribution in [2.75, 3.05) is 6.54 Å². The predicted octanol–water partition coefficient (Wildman–Crippen LogP) is 0.347. The first-order valence-electron chi connectivity index (χ1n) is 4.92. The maximum absolute atomic E-state index is 11.2. The van der Waals surface area contributed by atoms with E-state index in [-0.39, 0.29) is 11.8 Å². The second-order valence-corrected chi connectivity index (χ2v) is 3.38. The van der Waals surface area contributed by atoms with Crippen LogP contribution in [0.4, 0.5) is 0 Å². The summed E-state index contributed by atoms with van der Waals surface area (Å²) in [6.45, 7) is 2.18. The van der Waals surface area contributed by atoms with E-state index in [1.165, 1.54) is 6.08 Å². The quantitative estimate of drug-likeness (QED) is 0.623. The molecule has 1 fully saturated rings. The summed E-state index contributed by atoms with van der Waals surface area (Å²) < 4.78 is 0. The first-order chi connectivity index (χ1) is 6.72. The van der Waals surface area contributed by atoms with Gasteiger partial charge in [-0.1, -0.05) is 6.08 Å². The maximum Gasteiger partial charge on any atom is 0.243 e. The van der Waals surface area contributed by atoms with Crippen molar-refractivity contribution >= 4 is 11.8 Å². The van der Waals surface area contributed by atoms with Crippen LogP contribution < -0.4 is 10.6 Å². The van der Waals surface area contributed by atoms with E-state index in [0.29, 0.717) is 19.0 Å². The van der Waals surface area contributed by atoms with E-state index in [9.17, 15) is 9.59 Å². The zero-order valence-electron chi connectivity index (χ0n) is 8.38. The number of rotatable bonds is 5. The van der Waals surface area contributed by atoms with Crippen molar-refractivity contribution in [2.45, 2.75) is 32.2 Å². The summed E-state index contributed by atoms with van der Waals surface area (Å²) in [6, 6.07) is 0.397. The summed E-state index contributed by atoms with van der Waals surface area (Å²) in [5.74, 6) is -0.125. The molecule has 1 rings (SSSR count). The van der Waals surface area contributed by atoms with Crippen molar-refractivity contribution in [2.24, 2.45) is 0 Å². The van der Waals surface area contributed by atoms with Crippen molar-refractivity contribution in [3.05, 3.63) is 12.2 Å². The molecule has 4 heteroatoms. The van der Waals surface area contributed by atoms with E-state index < -0.39 is 0 Å². The molecule has 78 valence electrons. The van der Waals surface area contributed by atoms with E-state index in [1.54, 1.807) is 13.0 Å². The third-order valence-electron chi connectivity index (χ3n) is 1.91. The number of nitrogens with one attached hydrogen (secondary N) is 2. The van der Waals surface area contributed by atoms with E-state index in [4.69, 9.17) is 0 Å². The van der Waals surface area contributed by atoms with Crippen molar-refractivity contribution in [1.29, 1.82) is 0 Å². The number of amides is 2. The van der Waals surface area contributed by atoms with Crippen molar-refractivity contribution in [3.8, 4) is 0 Å². The van der Waals surface area contributed by atoms with Crippen LogP contribution in [0, 0.1) is 0 Å². The van der Waals surface area contributed by atoms with E-state index in [1.807, 2.05) is 0 Å². The molecule has 0 saturated heterocycles. The molecule has 4 nitrogen and oxygen atoms in total. The molecule has 0 bridgehead atoms. The van der Waals surface area contributed by atoms with Gasteiger partial charge < -0.3 is 10.6 Å². The van der Waals surface area contributed by atoms with Crippen LogP contribution in [0.5, 0.6) is 0 Å². The summed E-state index contributed by atoms with van der Waals surface area (Å²) in [4.78, 5) is 22.1. The number of hydrogen-bond acceptors (Lipinski definition) is 2. The highest BCUT2D eigenvalue weighted by molar-refractivity contribution is 5.87. The second kappa shape index (κ2) is 5.42. The Kier molecular flexibility index (Phi) is 4.16. The zero-order valence-corrected chi connectivity index (χ0v) is 8.38. The third kappa shape index (κ3) is 4.64. The Morgan fingerprint density at radius 1 is 1.43 bits per heavy atom. The Bertz CT molecular complexity index is 245. The van der Waals surface area contributed by atoms with Gasteiger partial charge in [0.1, 0.15) is 0 Å². The average molecular weight is 196 g/mol. The van der Waals surface area contributed by atoms with Gasteiger partial charge in [-0.25, -0.2) is 0 Å². The molecule has 0 radical (unpaired) electrons. The lowest BCUT2D eigenvalue weighted by molar-refractivity contribution is -0.121. The van der Waals surface area contributed by atoms with Gasteiger partial charge in [-0.3, -0.25) is 9.59 Å². The van der Waals surface area contributed by atoms with Gasteiger partial charge in [-0.2, -0.15) is 0 Å². The first-order valence-corrected chi connectivity index (χ1v) is 4.92. The average Bonchev–Trinajstić information content (AvgIpc) is 2.88. The normalized spacial score (nSPS) is 15.5. The molecule has 0 heterocycles. The molecule has 0 aromatic rings. The molecule has 0 aromatic carbocycles. The van der Waals surface area contributed by atoms with Gasteiger partial charge in [0, 0.05) is 19.0 Å². The molecule has 0 aliphatic heterocycles. The second-order valence-electron chi connectivity index (χ2n) is 3.38. The van der Waals surface area contributed by atoms with Crippen molar-refractivity contribution in [3.63, 3.8) is 0 Å². The molecule has 1 saturated carbocycles. The molecule has 2 N–H and O–H groups in total. The van der Waals surface area contributed by atoms with Gasteiger partial charge in [0.15, 0.2) is 0 Å². The van der Waals surface area contributed by atoms with Crippen LogP contribution in [0.2, 0.25) is 0 Å². The summed E-state index contributed by atoms with van der Waals surface area (Å²) >= 11 is 0. The van der Waals surface area contributed by atoms with Gasteiger partial charge in [0.25, 0.3) is 0 Å². The molecule has 2 amide bonds. The number of allylic oxidation sites excluding steroid dienone is 1. The van der Waals surface area contributed by atoms with E-state index in [0.717, 1.165) is 12.8 Å². The lowest BCUT2D eigenvalue weighted by atomic mass is 10.4. The lowest BCUT2D eigenvalue weighted by Crippen LogP contribution is -2.30. The SMILES string of the molecule is CC=CC(=O)NCCC(=O)NC1CC1. The van der Waals surface area contributed by atoms with Crippen LogP contribution in [0.3, 0.4) is 0 Å². The van der Waals surface area contributed by atoms with Crippen LogP contribution in [-0.4, -0.2) is 24.4 Å². The van der Waals surface area contributed by atoms with Crippen LogP contribution in [0.1, 0.15) is 26.2 Å². The fourth-order valence-electron chi connectivity index (χ4n) is 1.04. The van der Waals surface area contributed by atoms with Gasteiger partial charge in [-0.05, 0) is 25.8 Å². The standard InChI is InChI=1S/C10H16N2O2/c1-2-3-9(13)11-7-6-10(14)12-8-4-5-8/h2-3,8H,4-7H2,1H3,(H,11,13)(H,12,14). The van der Waals surface area contributed by atoms with Gasteiger partial charge in [0.05, 0.1) is 0 Å². The molecule has 0 unspecified atom stereocenters. The zero-order chi connectivity index (χ0) is 10.4. The highest BCUT2D eigenvalue weighted by Crippen LogP contribution is 2.18.